The number of methoxy groups -OCH3 is 1. The quantitative estimate of drug-likeness (QED) is 0.540. The third-order valence-corrected chi connectivity index (χ3v) is 7.66. The normalized spacial score (nSPS) is 28.5. The van der Waals surface area contributed by atoms with Crippen molar-refractivity contribution in [2.75, 3.05) is 7.11 Å². The largest absolute Gasteiger partial charge is 0.507 e. The molecule has 4 bridgehead atoms. The lowest BCUT2D eigenvalue weighted by atomic mass is 9.48. The van der Waals surface area contributed by atoms with Crippen LogP contribution in [0.1, 0.15) is 60.0 Å². The van der Waals surface area contributed by atoms with E-state index in [1.165, 1.54) is 31.4 Å². The zero-order valence-corrected chi connectivity index (χ0v) is 17.7. The van der Waals surface area contributed by atoms with Crippen molar-refractivity contribution >= 4 is 5.91 Å². The number of carbonyl (C=O) groups is 1. The summed E-state index contributed by atoms with van der Waals surface area (Å²) < 4.78 is 5.66. The van der Waals surface area contributed by atoms with Crippen LogP contribution in [0.25, 0.3) is 0 Å². The van der Waals surface area contributed by atoms with Crippen LogP contribution in [0.4, 0.5) is 0 Å². The van der Waals surface area contributed by atoms with E-state index in [9.17, 15) is 20.1 Å². The van der Waals surface area contributed by atoms with Crippen LogP contribution in [0.2, 0.25) is 0 Å². The summed E-state index contributed by atoms with van der Waals surface area (Å²) in [4.78, 5) is 12.9. The van der Waals surface area contributed by atoms with Crippen molar-refractivity contribution in [2.24, 2.45) is 17.8 Å². The Morgan fingerprint density at radius 3 is 2.19 bits per heavy atom. The van der Waals surface area contributed by atoms with E-state index in [-0.39, 0.29) is 40.7 Å². The zero-order chi connectivity index (χ0) is 21.8. The van der Waals surface area contributed by atoms with Gasteiger partial charge in [-0.2, -0.15) is 0 Å². The predicted molar refractivity (Wildman–Crippen MR) is 115 cm³/mol. The van der Waals surface area contributed by atoms with E-state index in [2.05, 4.69) is 5.32 Å². The summed E-state index contributed by atoms with van der Waals surface area (Å²) in [5, 5.41) is 32.5. The number of hydrogen-bond acceptors (Lipinski definition) is 5. The van der Waals surface area contributed by atoms with Gasteiger partial charge in [0.2, 0.25) is 0 Å². The maximum atomic E-state index is 12.9. The maximum absolute atomic E-state index is 12.9. The summed E-state index contributed by atoms with van der Waals surface area (Å²) in [6.45, 7) is 0.171. The molecule has 6 nitrogen and oxygen atoms in total. The fraction of sp³-hybridized carbons (Fsp3) is 0.480. The molecule has 4 fully saturated rings. The van der Waals surface area contributed by atoms with Crippen molar-refractivity contribution < 1.29 is 24.9 Å². The Hall–Kier alpha value is -2.89. The van der Waals surface area contributed by atoms with Gasteiger partial charge in [-0.1, -0.05) is 6.07 Å². The lowest BCUT2D eigenvalue weighted by molar-refractivity contribution is -0.00619. The van der Waals surface area contributed by atoms with Gasteiger partial charge in [0.1, 0.15) is 11.5 Å². The van der Waals surface area contributed by atoms with Crippen LogP contribution in [0.5, 0.6) is 23.0 Å². The topological polar surface area (TPSA) is 99.0 Å². The molecule has 4 saturated carbocycles. The van der Waals surface area contributed by atoms with Crippen molar-refractivity contribution in [1.82, 2.24) is 5.32 Å². The van der Waals surface area contributed by atoms with Crippen LogP contribution in [0, 0.1) is 17.8 Å². The van der Waals surface area contributed by atoms with Gasteiger partial charge in [-0.15, -0.1) is 0 Å². The summed E-state index contributed by atoms with van der Waals surface area (Å²) in [6, 6.07) is 7.83. The van der Waals surface area contributed by atoms with E-state index >= 15 is 0 Å². The number of aromatic hydroxyl groups is 3. The first-order valence-electron chi connectivity index (χ1n) is 11.1. The van der Waals surface area contributed by atoms with Crippen molar-refractivity contribution in [3.8, 4) is 23.0 Å². The van der Waals surface area contributed by atoms with Crippen LogP contribution in [-0.4, -0.2) is 28.3 Å². The smallest absolute Gasteiger partial charge is 0.255 e. The van der Waals surface area contributed by atoms with Gasteiger partial charge in [-0.05, 0) is 85.5 Å². The molecule has 0 unspecified atom stereocenters. The third kappa shape index (κ3) is 3.48. The molecule has 31 heavy (non-hydrogen) atoms. The minimum Gasteiger partial charge on any atom is -0.507 e. The van der Waals surface area contributed by atoms with Crippen LogP contribution in [0.15, 0.2) is 30.3 Å². The van der Waals surface area contributed by atoms with Crippen molar-refractivity contribution in [3.63, 3.8) is 0 Å². The first kappa shape index (κ1) is 20.0. The molecule has 0 atom stereocenters. The Morgan fingerprint density at radius 2 is 1.61 bits per heavy atom. The van der Waals surface area contributed by atoms with E-state index in [1.807, 2.05) is 6.07 Å². The monoisotopic (exact) mass is 423 g/mol. The Bertz CT molecular complexity index is 996. The van der Waals surface area contributed by atoms with Gasteiger partial charge in [-0.3, -0.25) is 4.79 Å². The molecular weight excluding hydrogens is 394 g/mol. The van der Waals surface area contributed by atoms with Crippen molar-refractivity contribution in [2.45, 2.75) is 50.5 Å². The average Bonchev–Trinajstić information content (AvgIpc) is 2.73. The number of phenols is 3. The van der Waals surface area contributed by atoms with Crippen LogP contribution >= 0.6 is 0 Å². The summed E-state index contributed by atoms with van der Waals surface area (Å²) in [6.07, 6.45) is 7.38. The molecule has 6 rings (SSSR count). The lowest BCUT2D eigenvalue weighted by Crippen LogP contribution is -2.48. The van der Waals surface area contributed by atoms with E-state index in [4.69, 9.17) is 4.74 Å². The number of ether oxygens (including phenoxy) is 1. The predicted octanol–water partition coefficient (Wildman–Crippen LogP) is 4.21. The van der Waals surface area contributed by atoms with Crippen molar-refractivity contribution in [1.29, 1.82) is 0 Å². The highest BCUT2D eigenvalue weighted by Gasteiger charge is 2.52. The van der Waals surface area contributed by atoms with Crippen molar-refractivity contribution in [3.05, 3.63) is 47.0 Å². The molecule has 0 aromatic heterocycles. The second-order valence-electron chi connectivity index (χ2n) is 9.77. The van der Waals surface area contributed by atoms with E-state index < -0.39 is 0 Å². The molecule has 0 spiro atoms. The molecule has 164 valence electrons. The molecule has 0 heterocycles. The van der Waals surface area contributed by atoms with Gasteiger partial charge in [0.25, 0.3) is 5.91 Å². The molecule has 0 radical (unpaired) electrons. The van der Waals surface area contributed by atoms with E-state index in [0.717, 1.165) is 42.6 Å². The number of carbonyl (C=O) groups excluding carboxylic acids is 1. The van der Waals surface area contributed by atoms with Gasteiger partial charge in [0, 0.05) is 18.2 Å². The van der Waals surface area contributed by atoms with Gasteiger partial charge in [0.05, 0.1) is 12.7 Å². The molecule has 4 N–H and O–H groups in total. The summed E-state index contributed by atoms with van der Waals surface area (Å²) in [7, 11) is 1.62. The molecule has 6 heteroatoms. The summed E-state index contributed by atoms with van der Waals surface area (Å²) in [5.41, 5.74) is 1.98. The lowest BCUT2D eigenvalue weighted by Gasteiger charge is -2.57. The fourth-order valence-corrected chi connectivity index (χ4v) is 6.73. The van der Waals surface area contributed by atoms with Gasteiger partial charge < -0.3 is 25.4 Å². The molecule has 0 saturated heterocycles. The van der Waals surface area contributed by atoms with E-state index in [0.29, 0.717) is 11.3 Å². The fourth-order valence-electron chi connectivity index (χ4n) is 6.73. The number of rotatable bonds is 5. The highest BCUT2D eigenvalue weighted by molar-refractivity contribution is 5.97. The van der Waals surface area contributed by atoms with Crippen LogP contribution in [0.3, 0.4) is 0 Å². The van der Waals surface area contributed by atoms with E-state index in [1.54, 1.807) is 19.2 Å². The maximum Gasteiger partial charge on any atom is 0.255 e. The standard InChI is InChI=1S/C25H29NO5/c1-31-23-9-21(28)18(24(30)26-13-14-2-3-20(27)22(29)7-14)8-19(23)25-10-15-4-16(11-25)6-17(5-15)12-25/h2-3,7-9,15-17,27-29H,4-6,10-13H2,1H3,(H,26,30). The molecule has 1 amide bonds. The number of amides is 1. The third-order valence-electron chi connectivity index (χ3n) is 7.66. The second kappa shape index (κ2) is 7.36. The molecule has 4 aliphatic rings. The SMILES string of the molecule is COc1cc(O)c(C(=O)NCc2ccc(O)c(O)c2)cc1C12CC3CC(CC(C3)C1)C2. The molecule has 2 aromatic carbocycles. The Kier molecular flexibility index (Phi) is 4.76. The average molecular weight is 424 g/mol. The molecule has 0 aliphatic heterocycles. The summed E-state index contributed by atoms with van der Waals surface area (Å²) >= 11 is 0. The highest BCUT2D eigenvalue weighted by atomic mass is 16.5. The Labute approximate surface area is 181 Å². The number of nitrogens with one attached hydrogen (secondary N) is 1. The Balaban J connectivity index is 1.43. The van der Waals surface area contributed by atoms with Gasteiger partial charge >= 0.3 is 0 Å². The van der Waals surface area contributed by atoms with Crippen LogP contribution in [-0.2, 0) is 12.0 Å². The first-order chi connectivity index (χ1) is 14.9. The van der Waals surface area contributed by atoms with Gasteiger partial charge in [0.15, 0.2) is 11.5 Å². The minimum atomic E-state index is -0.376. The number of hydrogen-bond donors (Lipinski definition) is 4. The minimum absolute atomic E-state index is 0.0333. The van der Waals surface area contributed by atoms with Crippen LogP contribution < -0.4 is 10.1 Å². The Morgan fingerprint density at radius 1 is 0.968 bits per heavy atom. The number of benzene rings is 2. The second-order valence-corrected chi connectivity index (χ2v) is 9.77. The highest BCUT2D eigenvalue weighted by Crippen LogP contribution is 2.62. The molecule has 2 aromatic rings. The summed E-state index contributed by atoms with van der Waals surface area (Å²) in [5.74, 6) is 2.01. The zero-order valence-electron chi connectivity index (χ0n) is 17.7. The molecule has 4 aliphatic carbocycles. The van der Waals surface area contributed by atoms with Gasteiger partial charge in [-0.25, -0.2) is 0 Å². The molecular formula is C25H29NO5. The first-order valence-corrected chi connectivity index (χ1v) is 11.1. The number of phenolic OH excluding ortho intramolecular Hbond substituents is 3.